The Hall–Kier alpha value is -3.22. The van der Waals surface area contributed by atoms with Gasteiger partial charge in [-0.3, -0.25) is 4.79 Å². The predicted molar refractivity (Wildman–Crippen MR) is 113 cm³/mol. The minimum atomic E-state index is -0.495. The van der Waals surface area contributed by atoms with E-state index in [4.69, 9.17) is 15.9 Å². The number of nitrogens with zero attached hydrogens (tertiary/aromatic N) is 1. The number of aryl methyl sites for hydroxylation is 1. The number of ether oxygens (including phenoxy) is 2. The van der Waals surface area contributed by atoms with Crippen LogP contribution < -0.4 is 14.8 Å². The molecule has 0 unspecified atom stereocenters. The van der Waals surface area contributed by atoms with Gasteiger partial charge in [-0.15, -0.1) is 6.42 Å². The van der Waals surface area contributed by atoms with Crippen molar-refractivity contribution in [3.63, 3.8) is 0 Å². The van der Waals surface area contributed by atoms with Gasteiger partial charge in [0.1, 0.15) is 18.2 Å². The van der Waals surface area contributed by atoms with E-state index in [1.54, 1.807) is 18.2 Å². The van der Waals surface area contributed by atoms with Gasteiger partial charge in [0.2, 0.25) is 0 Å². The highest BCUT2D eigenvalue weighted by Gasteiger charge is 2.14. The molecule has 0 aliphatic carbocycles. The van der Waals surface area contributed by atoms with Crippen molar-refractivity contribution >= 4 is 33.6 Å². The van der Waals surface area contributed by atoms with Crippen molar-refractivity contribution < 1.29 is 14.3 Å². The van der Waals surface area contributed by atoms with Gasteiger partial charge in [-0.1, -0.05) is 34.0 Å². The fraction of sp³-hybridized carbons (Fsp3) is 0.182. The van der Waals surface area contributed by atoms with Crippen molar-refractivity contribution in [2.24, 2.45) is 0 Å². The summed E-state index contributed by atoms with van der Waals surface area (Å²) in [5.74, 6) is 2.86. The van der Waals surface area contributed by atoms with Gasteiger partial charge in [0, 0.05) is 10.2 Å². The summed E-state index contributed by atoms with van der Waals surface area (Å²) in [6, 6.07) is 12.7. The summed E-state index contributed by atoms with van der Waals surface area (Å²) in [5, 5.41) is 12.2. The van der Waals surface area contributed by atoms with E-state index in [0.29, 0.717) is 33.8 Å². The number of nitriles is 1. The fourth-order valence-electron chi connectivity index (χ4n) is 2.39. The molecule has 0 heterocycles. The number of amides is 1. The summed E-state index contributed by atoms with van der Waals surface area (Å²) in [5.41, 5.74) is 2.19. The molecule has 0 atom stereocenters. The Labute approximate surface area is 173 Å². The van der Waals surface area contributed by atoms with E-state index in [2.05, 4.69) is 27.2 Å². The summed E-state index contributed by atoms with van der Waals surface area (Å²) in [6.07, 6.45) is 6.73. The Morgan fingerprint density at radius 1 is 1.29 bits per heavy atom. The maximum atomic E-state index is 12.5. The Morgan fingerprint density at radius 3 is 2.68 bits per heavy atom. The van der Waals surface area contributed by atoms with E-state index >= 15 is 0 Å². The Bertz CT molecular complexity index is 984. The molecule has 2 rings (SSSR count). The highest BCUT2D eigenvalue weighted by molar-refractivity contribution is 9.10. The summed E-state index contributed by atoms with van der Waals surface area (Å²) < 4.78 is 11.7. The Morgan fingerprint density at radius 2 is 2.04 bits per heavy atom. The lowest BCUT2D eigenvalue weighted by Gasteiger charge is -2.13. The van der Waals surface area contributed by atoms with Crippen LogP contribution in [-0.4, -0.2) is 19.1 Å². The summed E-state index contributed by atoms with van der Waals surface area (Å²) >= 11 is 3.43. The molecule has 0 saturated heterocycles. The first-order valence-electron chi connectivity index (χ1n) is 8.51. The van der Waals surface area contributed by atoms with Crippen LogP contribution in [0.2, 0.25) is 0 Å². The minimum Gasteiger partial charge on any atom is -0.490 e. The highest BCUT2D eigenvalue weighted by atomic mass is 79.9. The second-order valence-electron chi connectivity index (χ2n) is 5.74. The summed E-state index contributed by atoms with van der Waals surface area (Å²) in [6.45, 7) is 4.30. The second kappa shape index (κ2) is 10.2. The Balaban J connectivity index is 2.34. The molecular formula is C22H19BrN2O3. The van der Waals surface area contributed by atoms with Crippen molar-refractivity contribution in [2.75, 3.05) is 18.5 Å². The van der Waals surface area contributed by atoms with E-state index < -0.39 is 5.91 Å². The van der Waals surface area contributed by atoms with Crippen LogP contribution in [0, 0.1) is 30.6 Å². The van der Waals surface area contributed by atoms with Crippen LogP contribution >= 0.6 is 15.9 Å². The predicted octanol–water partition coefficient (Wildman–Crippen LogP) is 4.71. The average Bonchev–Trinajstić information content (AvgIpc) is 2.66. The number of hydrogen-bond acceptors (Lipinski definition) is 4. The third-order valence-corrected chi connectivity index (χ3v) is 4.30. The molecule has 28 heavy (non-hydrogen) atoms. The van der Waals surface area contributed by atoms with Gasteiger partial charge in [-0.05, 0) is 55.3 Å². The molecule has 0 aliphatic rings. The molecule has 0 radical (unpaired) electrons. The molecule has 0 aromatic heterocycles. The number of terminal acetylenes is 1. The van der Waals surface area contributed by atoms with Crippen LogP contribution in [-0.2, 0) is 4.79 Å². The minimum absolute atomic E-state index is 0.0399. The smallest absolute Gasteiger partial charge is 0.266 e. The van der Waals surface area contributed by atoms with Gasteiger partial charge in [0.25, 0.3) is 5.91 Å². The summed E-state index contributed by atoms with van der Waals surface area (Å²) in [7, 11) is 0. The van der Waals surface area contributed by atoms with Crippen molar-refractivity contribution in [1.82, 2.24) is 0 Å². The zero-order valence-electron chi connectivity index (χ0n) is 15.6. The molecule has 1 amide bonds. The lowest BCUT2D eigenvalue weighted by molar-refractivity contribution is -0.112. The van der Waals surface area contributed by atoms with Crippen LogP contribution in [0.1, 0.15) is 18.1 Å². The van der Waals surface area contributed by atoms with E-state index in [0.717, 1.165) is 5.56 Å². The SMILES string of the molecule is C#CCOc1cc(Br)c(/C=C(\C#N)C(=O)Nc2cccc(C)c2)cc1OCC. The molecule has 0 bridgehead atoms. The quantitative estimate of drug-likeness (QED) is 0.385. The van der Waals surface area contributed by atoms with Gasteiger partial charge in [-0.2, -0.15) is 5.26 Å². The lowest BCUT2D eigenvalue weighted by atomic mass is 10.1. The molecule has 2 aromatic carbocycles. The summed E-state index contributed by atoms with van der Waals surface area (Å²) in [4.78, 5) is 12.5. The zero-order valence-corrected chi connectivity index (χ0v) is 17.2. The van der Waals surface area contributed by atoms with E-state index in [1.165, 1.54) is 6.08 Å². The molecule has 6 heteroatoms. The molecule has 0 aliphatic heterocycles. The van der Waals surface area contributed by atoms with E-state index in [1.807, 2.05) is 38.1 Å². The van der Waals surface area contributed by atoms with E-state index in [9.17, 15) is 10.1 Å². The lowest BCUT2D eigenvalue weighted by Crippen LogP contribution is -2.13. The number of benzene rings is 2. The van der Waals surface area contributed by atoms with E-state index in [-0.39, 0.29) is 12.2 Å². The van der Waals surface area contributed by atoms with Gasteiger partial charge in [-0.25, -0.2) is 0 Å². The zero-order chi connectivity index (χ0) is 20.5. The maximum absolute atomic E-state index is 12.5. The molecule has 0 saturated carbocycles. The number of carbonyl (C=O) groups excluding carboxylic acids is 1. The first kappa shape index (κ1) is 21.1. The average molecular weight is 439 g/mol. The number of rotatable bonds is 7. The fourth-order valence-corrected chi connectivity index (χ4v) is 2.82. The van der Waals surface area contributed by atoms with Gasteiger partial charge < -0.3 is 14.8 Å². The molecule has 0 spiro atoms. The molecule has 5 nitrogen and oxygen atoms in total. The second-order valence-corrected chi connectivity index (χ2v) is 6.59. The van der Waals surface area contributed by atoms with Gasteiger partial charge >= 0.3 is 0 Å². The number of halogens is 1. The van der Waals surface area contributed by atoms with Crippen LogP contribution in [0.5, 0.6) is 11.5 Å². The first-order valence-corrected chi connectivity index (χ1v) is 9.30. The number of nitrogens with one attached hydrogen (secondary N) is 1. The first-order chi connectivity index (χ1) is 13.5. The van der Waals surface area contributed by atoms with Crippen LogP contribution in [0.25, 0.3) is 6.08 Å². The molecule has 0 fully saturated rings. The van der Waals surface area contributed by atoms with Crippen molar-refractivity contribution in [1.29, 1.82) is 5.26 Å². The van der Waals surface area contributed by atoms with Gasteiger partial charge in [0.05, 0.1) is 6.61 Å². The van der Waals surface area contributed by atoms with Crippen molar-refractivity contribution in [3.8, 4) is 29.9 Å². The Kier molecular flexibility index (Phi) is 7.68. The van der Waals surface area contributed by atoms with Crippen LogP contribution in [0.15, 0.2) is 46.4 Å². The molecular weight excluding hydrogens is 420 g/mol. The number of hydrogen-bond donors (Lipinski definition) is 1. The topological polar surface area (TPSA) is 71.3 Å². The van der Waals surface area contributed by atoms with Crippen LogP contribution in [0.3, 0.4) is 0 Å². The van der Waals surface area contributed by atoms with Crippen LogP contribution in [0.4, 0.5) is 5.69 Å². The maximum Gasteiger partial charge on any atom is 0.266 e. The van der Waals surface area contributed by atoms with Crippen molar-refractivity contribution in [2.45, 2.75) is 13.8 Å². The largest absolute Gasteiger partial charge is 0.490 e. The number of anilines is 1. The molecule has 142 valence electrons. The monoisotopic (exact) mass is 438 g/mol. The van der Waals surface area contributed by atoms with Crippen molar-refractivity contribution in [3.05, 3.63) is 57.6 Å². The van der Waals surface area contributed by atoms with Gasteiger partial charge in [0.15, 0.2) is 11.5 Å². The highest BCUT2D eigenvalue weighted by Crippen LogP contribution is 2.35. The number of carbonyl (C=O) groups is 1. The molecule has 1 N–H and O–H groups in total. The normalized spacial score (nSPS) is 10.5. The molecule has 2 aromatic rings. The third kappa shape index (κ3) is 5.64. The standard InChI is InChI=1S/C22H19BrN2O3/c1-4-9-28-21-13-19(23)16(12-20(21)27-5-2)11-17(14-24)22(26)25-18-8-6-7-15(3)10-18/h1,6-8,10-13H,5,9H2,2-3H3,(H,25,26)/b17-11+. The third-order valence-electron chi connectivity index (χ3n) is 3.61.